The van der Waals surface area contributed by atoms with E-state index in [2.05, 4.69) is 15.3 Å². The van der Waals surface area contributed by atoms with Gasteiger partial charge in [-0.3, -0.25) is 0 Å². The number of nitrogens with zero attached hydrogens (tertiary/aromatic N) is 3. The average molecular weight is 463 g/mol. The van der Waals surface area contributed by atoms with E-state index in [4.69, 9.17) is 23.1 Å². The number of nitrogen functional groups attached to an aromatic ring is 2. The summed E-state index contributed by atoms with van der Waals surface area (Å²) >= 11 is 5.45. The molecule has 2 aromatic heterocycles. The Kier molecular flexibility index (Phi) is 9.12. The van der Waals surface area contributed by atoms with E-state index in [1.807, 2.05) is 4.90 Å². The molecule has 172 valence electrons. The van der Waals surface area contributed by atoms with Gasteiger partial charge in [-0.15, -0.1) is 0 Å². The summed E-state index contributed by atoms with van der Waals surface area (Å²) in [4.78, 5) is 9.68. The second-order valence-corrected chi connectivity index (χ2v) is 7.70. The van der Waals surface area contributed by atoms with Crippen LogP contribution in [0.2, 0.25) is 5.15 Å². The first kappa shape index (κ1) is 24.9. The number of alkyl halides is 4. The van der Waals surface area contributed by atoms with Gasteiger partial charge in [-0.1, -0.05) is 11.6 Å². The van der Waals surface area contributed by atoms with Gasteiger partial charge in [-0.25, -0.2) is 27.5 Å². The van der Waals surface area contributed by atoms with Gasteiger partial charge in [-0.2, -0.15) is 0 Å². The Bertz CT molecular complexity index is 789. The van der Waals surface area contributed by atoms with Gasteiger partial charge in [0.1, 0.15) is 11.0 Å². The van der Waals surface area contributed by atoms with Crippen molar-refractivity contribution >= 4 is 28.8 Å². The predicted molar refractivity (Wildman–Crippen MR) is 116 cm³/mol. The molecular formula is C20H27ClF4N6. The lowest BCUT2D eigenvalue weighted by Crippen LogP contribution is -2.39. The summed E-state index contributed by atoms with van der Waals surface area (Å²) in [7, 11) is 0. The minimum Gasteiger partial charge on any atom is -0.399 e. The number of halogens is 5. The van der Waals surface area contributed by atoms with Crippen LogP contribution in [0.3, 0.4) is 0 Å². The van der Waals surface area contributed by atoms with E-state index < -0.39 is 11.8 Å². The summed E-state index contributed by atoms with van der Waals surface area (Å²) in [5, 5.41) is 3.30. The number of rotatable bonds is 1. The summed E-state index contributed by atoms with van der Waals surface area (Å²) in [6, 6.07) is 6.68. The molecule has 2 aliphatic rings. The monoisotopic (exact) mass is 462 g/mol. The third-order valence-corrected chi connectivity index (χ3v) is 4.88. The highest BCUT2D eigenvalue weighted by atomic mass is 35.5. The Hall–Kier alpha value is -2.33. The topological polar surface area (TPSA) is 93.1 Å². The van der Waals surface area contributed by atoms with E-state index in [0.717, 1.165) is 0 Å². The number of nitrogens with one attached hydrogen (secondary N) is 1. The first-order valence-electron chi connectivity index (χ1n) is 9.86. The van der Waals surface area contributed by atoms with Crippen molar-refractivity contribution in [2.45, 2.75) is 37.5 Å². The molecule has 0 unspecified atom stereocenters. The summed E-state index contributed by atoms with van der Waals surface area (Å²) in [6.45, 7) is 1.60. The van der Waals surface area contributed by atoms with Crippen LogP contribution in [0.25, 0.3) is 0 Å². The van der Waals surface area contributed by atoms with Crippen LogP contribution in [0.4, 0.5) is 34.8 Å². The maximum atomic E-state index is 12.9. The first-order chi connectivity index (χ1) is 14.6. The molecule has 4 rings (SSSR count). The van der Waals surface area contributed by atoms with Crippen LogP contribution < -0.4 is 21.7 Å². The molecule has 0 saturated carbocycles. The van der Waals surface area contributed by atoms with E-state index in [1.54, 1.807) is 36.7 Å². The van der Waals surface area contributed by atoms with Gasteiger partial charge in [-0.05, 0) is 18.2 Å². The normalized spacial score (nSPS) is 19.3. The molecule has 0 radical (unpaired) electrons. The third-order valence-electron chi connectivity index (χ3n) is 4.67. The van der Waals surface area contributed by atoms with Crippen LogP contribution in [0.15, 0.2) is 36.7 Å². The molecule has 31 heavy (non-hydrogen) atoms. The maximum Gasteiger partial charge on any atom is 0.251 e. The second-order valence-electron chi connectivity index (χ2n) is 7.31. The van der Waals surface area contributed by atoms with Gasteiger partial charge in [0.15, 0.2) is 0 Å². The van der Waals surface area contributed by atoms with Crippen LogP contribution in [0.5, 0.6) is 0 Å². The fraction of sp³-hybridized carbons (Fsp3) is 0.500. The van der Waals surface area contributed by atoms with Crippen molar-refractivity contribution in [2.75, 3.05) is 42.5 Å². The molecule has 5 N–H and O–H groups in total. The second kappa shape index (κ2) is 11.3. The van der Waals surface area contributed by atoms with Gasteiger partial charge in [0.05, 0.1) is 0 Å². The minimum atomic E-state index is -2.52. The smallest absolute Gasteiger partial charge is 0.251 e. The van der Waals surface area contributed by atoms with E-state index in [9.17, 15) is 17.6 Å². The summed E-state index contributed by atoms with van der Waals surface area (Å²) in [6.07, 6.45) is 2.96. The number of hydrogen-bond acceptors (Lipinski definition) is 6. The zero-order chi connectivity index (χ0) is 22.9. The van der Waals surface area contributed by atoms with Crippen LogP contribution in [0.1, 0.15) is 25.7 Å². The Morgan fingerprint density at radius 2 is 1.35 bits per heavy atom. The lowest BCUT2D eigenvalue weighted by molar-refractivity contribution is -0.0274. The summed E-state index contributed by atoms with van der Waals surface area (Å²) < 4.78 is 50.1. The van der Waals surface area contributed by atoms with Crippen LogP contribution in [0, 0.1) is 0 Å². The number of nitrogens with two attached hydrogens (primary N) is 2. The van der Waals surface area contributed by atoms with Crippen molar-refractivity contribution < 1.29 is 17.6 Å². The number of hydrogen-bond donors (Lipinski definition) is 3. The Labute approximate surface area is 184 Å². The van der Waals surface area contributed by atoms with Crippen molar-refractivity contribution in [1.82, 2.24) is 15.3 Å². The van der Waals surface area contributed by atoms with E-state index in [-0.39, 0.29) is 25.7 Å². The number of aromatic nitrogens is 2. The standard InChI is InChI=1S/C10H13F2N3.C5H5ClN2.C5H9F2N/c11-10(12)2-5-15(6-3-10)9-7-8(13)1-4-14-9;6-5-3-4(7)1-2-8-5;6-5(7)1-3-8-4-2-5/h1,4,7H,2-3,5-6H2,(H2,13,14);1-3H,(H2,7,8);8H,1-4H2. The fourth-order valence-electron chi connectivity index (χ4n) is 2.88. The first-order valence-corrected chi connectivity index (χ1v) is 10.2. The molecule has 2 aromatic rings. The molecule has 0 amide bonds. The Balaban J connectivity index is 0.000000181. The molecular weight excluding hydrogens is 436 g/mol. The number of piperidine rings is 2. The quantitative estimate of drug-likeness (QED) is 0.434. The van der Waals surface area contributed by atoms with Crippen LogP contribution in [-0.4, -0.2) is 48.0 Å². The molecule has 0 aliphatic carbocycles. The highest BCUT2D eigenvalue weighted by Gasteiger charge is 2.34. The molecule has 0 aromatic carbocycles. The predicted octanol–water partition coefficient (Wildman–Crippen LogP) is 4.22. The molecule has 2 aliphatic heterocycles. The van der Waals surface area contributed by atoms with E-state index >= 15 is 0 Å². The van der Waals surface area contributed by atoms with E-state index in [1.165, 1.54) is 0 Å². The minimum absolute atomic E-state index is 0.00694. The molecule has 6 nitrogen and oxygen atoms in total. The van der Waals surface area contributed by atoms with Gasteiger partial charge < -0.3 is 21.7 Å². The van der Waals surface area contributed by atoms with Gasteiger partial charge in [0.25, 0.3) is 11.8 Å². The Morgan fingerprint density at radius 1 is 0.839 bits per heavy atom. The summed E-state index contributed by atoms with van der Waals surface area (Å²) in [5.74, 6) is -4.22. The fourth-order valence-corrected chi connectivity index (χ4v) is 3.06. The van der Waals surface area contributed by atoms with Crippen molar-refractivity contribution in [3.8, 4) is 0 Å². The van der Waals surface area contributed by atoms with Crippen molar-refractivity contribution in [2.24, 2.45) is 0 Å². The zero-order valence-electron chi connectivity index (χ0n) is 17.0. The lowest BCUT2D eigenvalue weighted by Gasteiger charge is -2.32. The van der Waals surface area contributed by atoms with Crippen LogP contribution >= 0.6 is 11.6 Å². The largest absolute Gasteiger partial charge is 0.399 e. The highest BCUT2D eigenvalue weighted by Crippen LogP contribution is 2.30. The van der Waals surface area contributed by atoms with E-state index in [0.29, 0.717) is 48.5 Å². The molecule has 0 spiro atoms. The number of anilines is 3. The number of pyridine rings is 2. The molecule has 2 saturated heterocycles. The molecule has 2 fully saturated rings. The van der Waals surface area contributed by atoms with Gasteiger partial charge in [0, 0.05) is 81.7 Å². The molecule has 11 heteroatoms. The molecule has 4 heterocycles. The van der Waals surface area contributed by atoms with Crippen molar-refractivity contribution in [1.29, 1.82) is 0 Å². The highest BCUT2D eigenvalue weighted by molar-refractivity contribution is 6.29. The molecule has 0 atom stereocenters. The van der Waals surface area contributed by atoms with Crippen molar-refractivity contribution in [3.05, 3.63) is 41.8 Å². The average Bonchev–Trinajstić information content (AvgIpc) is 2.68. The van der Waals surface area contributed by atoms with Gasteiger partial charge >= 0.3 is 0 Å². The third kappa shape index (κ3) is 9.56. The van der Waals surface area contributed by atoms with Crippen molar-refractivity contribution in [3.63, 3.8) is 0 Å². The van der Waals surface area contributed by atoms with Gasteiger partial charge in [0.2, 0.25) is 0 Å². The summed E-state index contributed by atoms with van der Waals surface area (Å²) in [5.41, 5.74) is 12.2. The Morgan fingerprint density at radius 3 is 1.77 bits per heavy atom. The molecule has 0 bridgehead atoms. The SMILES string of the molecule is FC1(F)CCNCC1.Nc1ccnc(Cl)c1.Nc1ccnc(N2CCC(F)(F)CC2)c1. The maximum absolute atomic E-state index is 12.9. The zero-order valence-corrected chi connectivity index (χ0v) is 17.8. The van der Waals surface area contributed by atoms with Crippen LogP contribution in [-0.2, 0) is 0 Å². The lowest BCUT2D eigenvalue weighted by atomic mass is 10.1.